The van der Waals surface area contributed by atoms with Gasteiger partial charge in [0, 0.05) is 10.8 Å². The highest BCUT2D eigenvalue weighted by atomic mass is 31.3. The molecule has 0 atom stereocenters. The van der Waals surface area contributed by atoms with Crippen LogP contribution in [0.4, 0.5) is 0 Å². The normalized spacial score (nSPS) is 15.3. The summed E-state index contributed by atoms with van der Waals surface area (Å²) in [7, 11) is -5.33. The lowest BCUT2D eigenvalue weighted by molar-refractivity contribution is 0.668. The molecule has 6 aromatic carbocycles. The molecule has 0 unspecified atom stereocenters. The van der Waals surface area contributed by atoms with Crippen LogP contribution in [0.2, 0.25) is 0 Å². The Morgan fingerprint density at radius 1 is 0.325 bits per heavy atom. The smallest absolute Gasteiger partial charge is 0.292 e. The van der Waals surface area contributed by atoms with Crippen LogP contribution in [0.15, 0.2) is 162 Å². The first-order valence-electron chi connectivity index (χ1n) is 13.5. The quantitative estimate of drug-likeness (QED) is 0.219. The van der Waals surface area contributed by atoms with E-state index in [2.05, 4.69) is 158 Å². The van der Waals surface area contributed by atoms with Crippen molar-refractivity contribution in [1.82, 2.24) is 0 Å². The van der Waals surface area contributed by atoms with Gasteiger partial charge in [0.2, 0.25) is 0 Å². The van der Waals surface area contributed by atoms with Crippen LogP contribution in [0.25, 0.3) is 21.9 Å². The van der Waals surface area contributed by atoms with E-state index in [1.165, 1.54) is 31.8 Å². The van der Waals surface area contributed by atoms with Gasteiger partial charge in [-0.1, -0.05) is 77.1 Å². The number of benzene rings is 6. The van der Waals surface area contributed by atoms with Crippen molar-refractivity contribution in [3.05, 3.63) is 158 Å². The van der Waals surface area contributed by atoms with Crippen molar-refractivity contribution in [2.45, 2.75) is 0 Å². The van der Waals surface area contributed by atoms with Gasteiger partial charge in [0.25, 0.3) is 15.0 Å². The maximum atomic E-state index is 8.21. The van der Waals surface area contributed by atoms with Crippen molar-refractivity contribution in [1.29, 1.82) is 0 Å². The second-order valence-electron chi connectivity index (χ2n) is 10.1. The zero-order valence-electron chi connectivity index (χ0n) is 21.7. The molecule has 0 aliphatic carbocycles. The molecule has 2 heterocycles. The summed E-state index contributed by atoms with van der Waals surface area (Å²) in [6, 6.07) is 56.8. The van der Waals surface area contributed by atoms with E-state index >= 15 is 0 Å². The Hall–Kier alpha value is -4.06. The maximum Gasteiger partial charge on any atom is 0.292 e. The topological polar surface area (TPSA) is 22.4 Å². The molecule has 0 fully saturated rings. The van der Waals surface area contributed by atoms with Gasteiger partial charge in [0.05, 0.1) is 0 Å². The summed E-state index contributed by atoms with van der Waals surface area (Å²) in [5.74, 6) is 0. The minimum absolute atomic E-state index is 0.903. The molecule has 190 valence electrons. The minimum atomic E-state index is -2.66. The van der Waals surface area contributed by atoms with Crippen molar-refractivity contribution >= 4 is 68.7 Å². The molecule has 4 bridgehead atoms. The van der Waals surface area contributed by atoms with E-state index in [-0.39, 0.29) is 0 Å². The average molecular weight is 553 g/mol. The molecule has 0 amide bonds. The fourth-order valence-electron chi connectivity index (χ4n) is 6.06. The average Bonchev–Trinajstić information content (AvgIpc) is 3.41. The molecule has 1 aliphatic rings. The van der Waals surface area contributed by atoms with Crippen LogP contribution < -0.4 is 31.8 Å². The van der Waals surface area contributed by atoms with Crippen molar-refractivity contribution in [3.8, 4) is 0 Å². The van der Waals surface area contributed by atoms with Gasteiger partial charge in [-0.15, -0.1) is 0 Å². The van der Waals surface area contributed by atoms with E-state index in [1.807, 2.05) is 0 Å². The van der Waals surface area contributed by atoms with Crippen molar-refractivity contribution in [2.75, 3.05) is 0 Å². The fraction of sp³-hybridized carbons (Fsp3) is 0. The van der Waals surface area contributed by atoms with Crippen LogP contribution in [0.5, 0.6) is 0 Å². The third-order valence-electron chi connectivity index (χ3n) is 7.89. The predicted octanol–water partition coefficient (Wildman–Crippen LogP) is 7.03. The fourth-order valence-corrected chi connectivity index (χ4v) is 15.1. The van der Waals surface area contributed by atoms with Crippen LogP contribution in [0.1, 0.15) is 0 Å². The summed E-state index contributed by atoms with van der Waals surface area (Å²) >= 11 is 0. The molecule has 0 spiro atoms. The summed E-state index contributed by atoms with van der Waals surface area (Å²) in [5.41, 5.74) is 1.81. The van der Waals surface area contributed by atoms with Crippen LogP contribution in [-0.4, -0.2) is 0 Å². The summed E-state index contributed by atoms with van der Waals surface area (Å²) in [4.78, 5) is 0. The number of furan rings is 1. The monoisotopic (exact) mass is 552 g/mol. The third-order valence-corrected chi connectivity index (χ3v) is 16.0. The van der Waals surface area contributed by atoms with E-state index in [0.717, 1.165) is 21.9 Å². The van der Waals surface area contributed by atoms with E-state index in [1.54, 1.807) is 0 Å². The Morgan fingerprint density at radius 2 is 0.650 bits per heavy atom. The molecule has 40 heavy (non-hydrogen) atoms. The number of hydrogen-bond donors (Lipinski definition) is 0. The Bertz CT molecular complexity index is 1750. The first-order valence-corrected chi connectivity index (χ1v) is 16.9. The van der Waals surface area contributed by atoms with Crippen LogP contribution >= 0.6 is 15.0 Å². The van der Waals surface area contributed by atoms with Crippen LogP contribution in [0, 0.1) is 0 Å². The molecule has 0 radical (unpaired) electrons. The zero-order chi connectivity index (χ0) is 26.6. The van der Waals surface area contributed by atoms with Crippen LogP contribution in [-0.2, 0) is 4.31 Å². The largest absolute Gasteiger partial charge is 0.456 e. The van der Waals surface area contributed by atoms with Crippen molar-refractivity contribution in [3.63, 3.8) is 0 Å². The first-order chi connectivity index (χ1) is 19.8. The van der Waals surface area contributed by atoms with E-state index in [4.69, 9.17) is 8.73 Å². The third kappa shape index (κ3) is 3.41. The maximum absolute atomic E-state index is 8.21. The standard InChI is InChI=1S/C36H26O2P2/c1-5-13-27(14-6-1)39(28-15-7-2-8-16-28)31-21-23-35-33(25-31)34-26-32(22-24-36(34)37-35)40(38-39,29-17-9-3-10-18-29)30-19-11-4-12-20-30/h1-26H/q+2. The molecule has 0 saturated heterocycles. The highest BCUT2D eigenvalue weighted by Gasteiger charge is 2.64. The predicted molar refractivity (Wildman–Crippen MR) is 172 cm³/mol. The summed E-state index contributed by atoms with van der Waals surface area (Å²) in [6.45, 7) is 0. The second kappa shape index (κ2) is 9.26. The lowest BCUT2D eigenvalue weighted by Crippen LogP contribution is -2.39. The molecule has 0 saturated carbocycles. The summed E-state index contributed by atoms with van der Waals surface area (Å²) in [5, 5.41) is 9.46. The molecule has 8 rings (SSSR count). The molecule has 0 N–H and O–H groups in total. The zero-order valence-corrected chi connectivity index (χ0v) is 23.5. The van der Waals surface area contributed by atoms with Gasteiger partial charge in [0.15, 0.2) is 0 Å². The van der Waals surface area contributed by atoms with Crippen molar-refractivity contribution in [2.24, 2.45) is 0 Å². The lowest BCUT2D eigenvalue weighted by atomic mass is 10.1. The highest BCUT2D eigenvalue weighted by molar-refractivity contribution is 8.03. The van der Waals surface area contributed by atoms with E-state index < -0.39 is 15.0 Å². The SMILES string of the molecule is c1ccc([P+]2(c3ccccc3)O[P+](c3ccccc3)(c3ccccc3)c3ccc4oc5ccc2cc5c4c3)cc1. The van der Waals surface area contributed by atoms with Gasteiger partial charge in [-0.05, 0) is 84.9 Å². The van der Waals surface area contributed by atoms with Gasteiger partial charge in [-0.2, -0.15) is 0 Å². The van der Waals surface area contributed by atoms with Gasteiger partial charge in [-0.25, -0.2) is 0 Å². The van der Waals surface area contributed by atoms with Gasteiger partial charge in [0.1, 0.15) is 43.0 Å². The number of hydrogen-bond acceptors (Lipinski definition) is 2. The van der Waals surface area contributed by atoms with Gasteiger partial charge in [-0.3, -0.25) is 0 Å². The van der Waals surface area contributed by atoms with Crippen LogP contribution in [0.3, 0.4) is 0 Å². The number of rotatable bonds is 4. The summed E-state index contributed by atoms with van der Waals surface area (Å²) < 4.78 is 14.6. The Balaban J connectivity index is 1.61. The Kier molecular flexibility index (Phi) is 5.51. The molecule has 7 aromatic rings. The lowest BCUT2D eigenvalue weighted by Gasteiger charge is -2.31. The second-order valence-corrected chi connectivity index (χ2v) is 16.3. The Labute approximate surface area is 234 Å². The molecule has 1 aromatic heterocycles. The van der Waals surface area contributed by atoms with Crippen molar-refractivity contribution < 1.29 is 8.73 Å². The van der Waals surface area contributed by atoms with E-state index in [0.29, 0.717) is 0 Å². The Morgan fingerprint density at radius 3 is 0.975 bits per heavy atom. The minimum Gasteiger partial charge on any atom is -0.456 e. The van der Waals surface area contributed by atoms with Gasteiger partial charge < -0.3 is 4.42 Å². The molecule has 1 aliphatic heterocycles. The molecule has 4 heteroatoms. The number of fused-ring (bicyclic) bond motifs is 2. The first kappa shape index (κ1) is 23.8. The molecular formula is C36H26O2P2+2. The van der Waals surface area contributed by atoms with Gasteiger partial charge >= 0.3 is 0 Å². The highest BCUT2D eigenvalue weighted by Crippen LogP contribution is 2.73. The summed E-state index contributed by atoms with van der Waals surface area (Å²) in [6.07, 6.45) is 0. The van der Waals surface area contributed by atoms with E-state index in [9.17, 15) is 0 Å². The molecule has 2 nitrogen and oxygen atoms in total. The molecular weight excluding hydrogens is 526 g/mol.